The summed E-state index contributed by atoms with van der Waals surface area (Å²) in [6.45, 7) is 1.81. The van der Waals surface area contributed by atoms with E-state index < -0.39 is 6.04 Å². The highest BCUT2D eigenvalue weighted by Crippen LogP contribution is 2.32. The Morgan fingerprint density at radius 3 is 2.70 bits per heavy atom. The van der Waals surface area contributed by atoms with Crippen molar-refractivity contribution >= 4 is 33.8 Å². The van der Waals surface area contributed by atoms with Crippen molar-refractivity contribution in [2.45, 2.75) is 50.1 Å². The molecule has 0 radical (unpaired) electrons. The molecule has 0 bridgehead atoms. The molecule has 3 aliphatic rings. The second kappa shape index (κ2) is 11.7. The molecule has 9 heteroatoms. The van der Waals surface area contributed by atoms with E-state index in [2.05, 4.69) is 55.1 Å². The summed E-state index contributed by atoms with van der Waals surface area (Å²) < 4.78 is 2.88. The summed E-state index contributed by atoms with van der Waals surface area (Å²) in [5, 5.41) is 15.0. The first-order valence-electron chi connectivity index (χ1n) is 14.1. The van der Waals surface area contributed by atoms with Crippen molar-refractivity contribution in [3.05, 3.63) is 87.2 Å². The van der Waals surface area contributed by atoms with Gasteiger partial charge < -0.3 is 15.5 Å². The van der Waals surface area contributed by atoms with Gasteiger partial charge in [0.05, 0.1) is 11.7 Å². The molecule has 40 heavy (non-hydrogen) atoms. The third kappa shape index (κ3) is 5.63. The minimum absolute atomic E-state index is 0.0364. The van der Waals surface area contributed by atoms with Crippen LogP contribution < -0.4 is 10.6 Å². The molecule has 4 atom stereocenters. The predicted octanol–water partition coefficient (Wildman–Crippen LogP) is 3.63. The highest BCUT2D eigenvalue weighted by Gasteiger charge is 2.43. The van der Waals surface area contributed by atoms with Gasteiger partial charge in [0.2, 0.25) is 11.8 Å². The zero-order valence-electron chi connectivity index (χ0n) is 22.7. The van der Waals surface area contributed by atoms with Crippen LogP contribution in [0.25, 0.3) is 6.08 Å². The Bertz CT molecular complexity index is 1420. The van der Waals surface area contributed by atoms with Gasteiger partial charge in [-0.15, -0.1) is 5.10 Å². The number of nitrogens with zero attached hydrogens (tertiary/aromatic N) is 4. The summed E-state index contributed by atoms with van der Waals surface area (Å²) in [4.78, 5) is 29.4. The minimum atomic E-state index is -0.478. The van der Waals surface area contributed by atoms with Gasteiger partial charge in [-0.25, -0.2) is 0 Å². The maximum absolute atomic E-state index is 13.9. The summed E-state index contributed by atoms with van der Waals surface area (Å²) in [5.41, 5.74) is 5.58. The number of hydrogen-bond donors (Lipinski definition) is 2. The Morgan fingerprint density at radius 2 is 1.88 bits per heavy atom. The topological polar surface area (TPSA) is 92.2 Å². The smallest absolute Gasteiger partial charge is 0.243 e. The van der Waals surface area contributed by atoms with Gasteiger partial charge in [0.1, 0.15) is 11.7 Å². The highest BCUT2D eigenvalue weighted by atomic mass is 79.9. The number of aryl methyl sites for hydroxylation is 1. The zero-order valence-corrected chi connectivity index (χ0v) is 24.3. The summed E-state index contributed by atoms with van der Waals surface area (Å²) in [6, 6.07) is 17.8. The Hall–Kier alpha value is -3.30. The molecular formula is C31H35BrN6O2. The van der Waals surface area contributed by atoms with Crippen LogP contribution in [0.4, 0.5) is 0 Å². The quantitative estimate of drug-likeness (QED) is 0.431. The van der Waals surface area contributed by atoms with Crippen LogP contribution in [0.3, 0.4) is 0 Å². The van der Waals surface area contributed by atoms with E-state index >= 15 is 0 Å². The van der Waals surface area contributed by atoms with Gasteiger partial charge in [0.25, 0.3) is 0 Å². The third-order valence-electron chi connectivity index (χ3n) is 8.63. The first kappa shape index (κ1) is 26.9. The van der Waals surface area contributed by atoms with Gasteiger partial charge in [-0.1, -0.05) is 69.7 Å². The number of fused-ring (bicyclic) bond motifs is 1. The lowest BCUT2D eigenvalue weighted by molar-refractivity contribution is -0.139. The number of nitrogens with one attached hydrogen (secondary N) is 2. The largest absolute Gasteiger partial charge is 0.351 e. The van der Waals surface area contributed by atoms with E-state index in [1.165, 1.54) is 11.1 Å². The molecule has 1 aliphatic carbocycles. The van der Waals surface area contributed by atoms with Gasteiger partial charge in [0.15, 0.2) is 0 Å². The fourth-order valence-corrected chi connectivity index (χ4v) is 6.88. The summed E-state index contributed by atoms with van der Waals surface area (Å²) in [5.74, 6) is 0.465. The Labute approximate surface area is 243 Å². The van der Waals surface area contributed by atoms with Crippen LogP contribution in [0.2, 0.25) is 0 Å². The van der Waals surface area contributed by atoms with Crippen molar-refractivity contribution in [3.63, 3.8) is 0 Å². The molecule has 208 valence electrons. The molecular weight excluding hydrogens is 568 g/mol. The lowest BCUT2D eigenvalue weighted by Crippen LogP contribution is -2.51. The Kier molecular flexibility index (Phi) is 7.85. The van der Waals surface area contributed by atoms with Crippen molar-refractivity contribution in [1.82, 2.24) is 30.5 Å². The van der Waals surface area contributed by atoms with Crippen LogP contribution in [0.5, 0.6) is 0 Å². The average Bonchev–Trinajstić information content (AvgIpc) is 3.72. The number of likely N-dealkylation sites (tertiary alicyclic amines) is 1. The first-order chi connectivity index (χ1) is 19.5. The molecule has 4 unspecified atom stereocenters. The van der Waals surface area contributed by atoms with E-state index in [0.717, 1.165) is 53.7 Å². The Balaban J connectivity index is 1.16. The van der Waals surface area contributed by atoms with E-state index in [1.54, 1.807) is 0 Å². The van der Waals surface area contributed by atoms with Crippen molar-refractivity contribution < 1.29 is 9.59 Å². The van der Waals surface area contributed by atoms with E-state index in [0.29, 0.717) is 25.4 Å². The maximum Gasteiger partial charge on any atom is 0.243 e. The van der Waals surface area contributed by atoms with Crippen LogP contribution in [-0.2, 0) is 29.5 Å². The molecule has 0 saturated carbocycles. The molecule has 2 N–H and O–H groups in total. The second-order valence-electron chi connectivity index (χ2n) is 11.3. The molecule has 2 fully saturated rings. The van der Waals surface area contributed by atoms with Crippen molar-refractivity contribution in [2.24, 2.45) is 13.0 Å². The summed E-state index contributed by atoms with van der Waals surface area (Å²) >= 11 is 3.67. The molecule has 2 aromatic carbocycles. The predicted molar refractivity (Wildman–Crippen MR) is 157 cm³/mol. The molecule has 0 spiro atoms. The van der Waals surface area contributed by atoms with Crippen LogP contribution in [-0.4, -0.2) is 63.4 Å². The van der Waals surface area contributed by atoms with Crippen molar-refractivity contribution in [2.75, 3.05) is 19.6 Å². The fraction of sp³-hybridized carbons (Fsp3) is 0.419. The monoisotopic (exact) mass is 602 g/mol. The molecule has 3 aromatic rings. The number of aromatic nitrogens is 3. The average molecular weight is 604 g/mol. The molecule has 3 heterocycles. The number of carbonyl (C=O) groups is 2. The van der Waals surface area contributed by atoms with Crippen LogP contribution >= 0.6 is 15.9 Å². The number of hydrogen-bond acceptors (Lipinski definition) is 5. The van der Waals surface area contributed by atoms with Gasteiger partial charge in [0, 0.05) is 31.2 Å². The summed E-state index contributed by atoms with van der Waals surface area (Å²) in [7, 11) is 1.91. The molecule has 2 aliphatic heterocycles. The van der Waals surface area contributed by atoms with Crippen molar-refractivity contribution in [3.8, 4) is 0 Å². The van der Waals surface area contributed by atoms with Gasteiger partial charge in [-0.2, -0.15) is 0 Å². The SMILES string of the molecule is Cn1nnc2c1CCC(CNC(=O)C1CC(Cc3ccccc3Br)CN1C(=O)C1CC(c3ccccc3)CN1)=C2. The van der Waals surface area contributed by atoms with Gasteiger partial charge >= 0.3 is 0 Å². The minimum Gasteiger partial charge on any atom is -0.351 e. The number of amides is 2. The van der Waals surface area contributed by atoms with Crippen LogP contribution in [0, 0.1) is 5.92 Å². The molecule has 6 rings (SSSR count). The normalized spacial score (nSPS) is 24.1. The standard InChI is InChI=1S/C31H35BrN6O2/c1-37-28-12-11-20(14-26(28)35-36-37)17-34-30(39)29-15-21(13-23-9-5-6-10-25(23)32)19-38(29)31(40)27-16-24(18-33-27)22-7-3-2-4-8-22/h2-10,14,21,24,27,29,33H,11-13,15-19H2,1H3,(H,34,39). The summed E-state index contributed by atoms with van der Waals surface area (Å²) in [6.07, 6.45) is 5.97. The number of carbonyl (C=O) groups excluding carboxylic acids is 2. The second-order valence-corrected chi connectivity index (χ2v) is 12.1. The van der Waals surface area contributed by atoms with Crippen LogP contribution in [0.15, 0.2) is 64.6 Å². The maximum atomic E-state index is 13.9. The number of rotatable bonds is 7. The third-order valence-corrected chi connectivity index (χ3v) is 9.40. The van der Waals surface area contributed by atoms with E-state index in [9.17, 15) is 9.59 Å². The van der Waals surface area contributed by atoms with Gasteiger partial charge in [-0.05, 0) is 72.8 Å². The zero-order chi connectivity index (χ0) is 27.6. The Morgan fingerprint density at radius 1 is 1.07 bits per heavy atom. The number of halogens is 1. The van der Waals surface area contributed by atoms with E-state index in [4.69, 9.17) is 0 Å². The van der Waals surface area contributed by atoms with E-state index in [-0.39, 0.29) is 23.8 Å². The molecule has 2 saturated heterocycles. The van der Waals surface area contributed by atoms with E-state index in [1.807, 2.05) is 59.1 Å². The van der Waals surface area contributed by atoms with Crippen molar-refractivity contribution in [1.29, 1.82) is 0 Å². The van der Waals surface area contributed by atoms with Crippen LogP contribution in [0.1, 0.15) is 47.7 Å². The lowest BCUT2D eigenvalue weighted by Gasteiger charge is -2.27. The molecule has 8 nitrogen and oxygen atoms in total. The number of benzene rings is 2. The molecule has 2 amide bonds. The highest BCUT2D eigenvalue weighted by molar-refractivity contribution is 9.10. The first-order valence-corrected chi connectivity index (χ1v) is 14.9. The molecule has 1 aromatic heterocycles. The van der Waals surface area contributed by atoms with Gasteiger partial charge in [-0.3, -0.25) is 14.3 Å². The fourth-order valence-electron chi connectivity index (χ4n) is 6.44. The lowest BCUT2D eigenvalue weighted by atomic mass is 9.96.